The minimum absolute atomic E-state index is 0.649. The summed E-state index contributed by atoms with van der Waals surface area (Å²) in [5.74, 6) is 1.96. The van der Waals surface area contributed by atoms with E-state index in [4.69, 9.17) is 19.9 Å². The lowest BCUT2D eigenvalue weighted by Crippen LogP contribution is -2.00. The molecule has 0 aliphatic heterocycles. The number of nitrogens with zero attached hydrogens (tertiary/aromatic N) is 4. The molecule has 0 fully saturated rings. The summed E-state index contributed by atoms with van der Waals surface area (Å²) < 4.78 is 1.16. The molecule has 37 heavy (non-hydrogen) atoms. The van der Waals surface area contributed by atoms with E-state index in [2.05, 4.69) is 42.5 Å². The average molecular weight is 493 g/mol. The summed E-state index contributed by atoms with van der Waals surface area (Å²) in [5.41, 5.74) is 4.98. The van der Waals surface area contributed by atoms with Gasteiger partial charge in [-0.25, -0.2) is 19.9 Å². The largest absolute Gasteiger partial charge is 0.236 e. The van der Waals surface area contributed by atoms with E-state index in [1.54, 1.807) is 11.3 Å². The van der Waals surface area contributed by atoms with Crippen LogP contribution in [0.3, 0.4) is 0 Å². The lowest BCUT2D eigenvalue weighted by atomic mass is 10.0. The monoisotopic (exact) mass is 492 g/mol. The number of benzene rings is 5. The fourth-order valence-corrected chi connectivity index (χ4v) is 5.53. The van der Waals surface area contributed by atoms with Crippen molar-refractivity contribution in [1.29, 1.82) is 0 Å². The van der Waals surface area contributed by atoms with E-state index in [-0.39, 0.29) is 0 Å². The minimum atomic E-state index is 0.649. The van der Waals surface area contributed by atoms with Gasteiger partial charge in [0.05, 0.1) is 10.2 Å². The Kier molecular flexibility index (Phi) is 5.26. The Bertz CT molecular complexity index is 1810. The second kappa shape index (κ2) is 9.04. The Labute approximate surface area is 218 Å². The van der Waals surface area contributed by atoms with Crippen LogP contribution < -0.4 is 0 Å². The lowest BCUT2D eigenvalue weighted by molar-refractivity contribution is 1.08. The van der Waals surface area contributed by atoms with Gasteiger partial charge in [-0.1, -0.05) is 109 Å². The van der Waals surface area contributed by atoms with Crippen LogP contribution in [0, 0.1) is 0 Å². The average Bonchev–Trinajstić information content (AvgIpc) is 3.40. The van der Waals surface area contributed by atoms with Crippen LogP contribution in [0.25, 0.3) is 65.7 Å². The molecule has 5 aromatic carbocycles. The molecular weight excluding hydrogens is 472 g/mol. The van der Waals surface area contributed by atoms with Crippen LogP contribution in [0.15, 0.2) is 121 Å². The molecule has 0 aliphatic carbocycles. The van der Waals surface area contributed by atoms with Crippen LogP contribution in [0.4, 0.5) is 0 Å². The van der Waals surface area contributed by atoms with Crippen LogP contribution in [-0.4, -0.2) is 19.9 Å². The molecule has 2 heterocycles. The van der Waals surface area contributed by atoms with E-state index in [0.29, 0.717) is 17.5 Å². The Morgan fingerprint density at radius 3 is 1.65 bits per heavy atom. The summed E-state index contributed by atoms with van der Waals surface area (Å²) in [7, 11) is 0. The Morgan fingerprint density at radius 1 is 0.459 bits per heavy atom. The molecule has 0 amide bonds. The third kappa shape index (κ3) is 4.05. The third-order valence-electron chi connectivity index (χ3n) is 6.35. The summed E-state index contributed by atoms with van der Waals surface area (Å²) in [6.45, 7) is 0. The molecule has 5 heteroatoms. The van der Waals surface area contributed by atoms with Gasteiger partial charge < -0.3 is 0 Å². The highest BCUT2D eigenvalue weighted by molar-refractivity contribution is 7.21. The third-order valence-corrected chi connectivity index (χ3v) is 7.42. The van der Waals surface area contributed by atoms with Gasteiger partial charge in [-0.15, -0.1) is 11.3 Å². The van der Waals surface area contributed by atoms with Crippen LogP contribution in [-0.2, 0) is 0 Å². The Hall–Kier alpha value is -4.74. The first-order valence-electron chi connectivity index (χ1n) is 12.1. The molecule has 0 saturated carbocycles. The molecule has 0 saturated heterocycles. The molecule has 0 aliphatic rings. The zero-order chi connectivity index (χ0) is 24.6. The van der Waals surface area contributed by atoms with Gasteiger partial charge in [-0.05, 0) is 22.9 Å². The predicted octanol–water partition coefficient (Wildman–Crippen LogP) is 8.30. The normalized spacial score (nSPS) is 11.2. The number of thiazole rings is 1. The van der Waals surface area contributed by atoms with E-state index in [1.807, 2.05) is 78.9 Å². The van der Waals surface area contributed by atoms with Crippen molar-refractivity contribution in [3.05, 3.63) is 121 Å². The zero-order valence-corrected chi connectivity index (χ0v) is 20.6. The summed E-state index contributed by atoms with van der Waals surface area (Å²) in [6.07, 6.45) is 0. The van der Waals surface area contributed by atoms with Crippen molar-refractivity contribution >= 4 is 32.3 Å². The van der Waals surface area contributed by atoms with E-state index in [9.17, 15) is 0 Å². The molecule has 7 rings (SSSR count). The highest BCUT2D eigenvalue weighted by atomic mass is 32.1. The van der Waals surface area contributed by atoms with Crippen LogP contribution in [0.2, 0.25) is 0 Å². The summed E-state index contributed by atoms with van der Waals surface area (Å²) >= 11 is 1.71. The second-order valence-corrected chi connectivity index (χ2v) is 9.80. The van der Waals surface area contributed by atoms with Gasteiger partial charge in [-0.2, -0.15) is 0 Å². The maximum absolute atomic E-state index is 4.96. The molecule has 174 valence electrons. The Balaban J connectivity index is 1.44. The van der Waals surface area contributed by atoms with Crippen molar-refractivity contribution in [2.24, 2.45) is 0 Å². The summed E-state index contributed by atoms with van der Waals surface area (Å²) in [6, 6.07) is 41.1. The summed E-state index contributed by atoms with van der Waals surface area (Å²) in [5, 5.41) is 3.23. The molecule has 7 aromatic rings. The number of hydrogen-bond donors (Lipinski definition) is 0. The molecule has 0 bridgehead atoms. The van der Waals surface area contributed by atoms with Gasteiger partial charge in [0.1, 0.15) is 5.01 Å². The smallest absolute Gasteiger partial charge is 0.164 e. The quantitative estimate of drug-likeness (QED) is 0.248. The fourth-order valence-electron chi connectivity index (χ4n) is 4.53. The first-order valence-corrected chi connectivity index (χ1v) is 12.9. The molecule has 0 N–H and O–H groups in total. The highest BCUT2D eigenvalue weighted by Crippen LogP contribution is 2.36. The zero-order valence-electron chi connectivity index (χ0n) is 19.7. The highest BCUT2D eigenvalue weighted by Gasteiger charge is 2.15. The number of hydrogen-bond acceptors (Lipinski definition) is 5. The van der Waals surface area contributed by atoms with Crippen LogP contribution in [0.1, 0.15) is 0 Å². The lowest BCUT2D eigenvalue weighted by Gasteiger charge is -2.10. The maximum Gasteiger partial charge on any atom is 0.164 e. The van der Waals surface area contributed by atoms with Gasteiger partial charge in [0.15, 0.2) is 17.5 Å². The molecule has 0 radical (unpaired) electrons. The second-order valence-electron chi connectivity index (χ2n) is 8.77. The first-order chi connectivity index (χ1) is 18.3. The van der Waals surface area contributed by atoms with Crippen LogP contribution in [0.5, 0.6) is 0 Å². The van der Waals surface area contributed by atoms with E-state index < -0.39 is 0 Å². The van der Waals surface area contributed by atoms with E-state index in [1.165, 1.54) is 0 Å². The topological polar surface area (TPSA) is 51.6 Å². The molecule has 4 nitrogen and oxygen atoms in total. The standard InChI is InChI=1S/C32H20N4S/c1-4-11-21(12-5-1)29-34-30(22-13-6-2-7-14-22)36-31(35-29)25-18-10-17-24-19-28-27(20-26(24)25)33-32(37-28)23-15-8-3-9-16-23/h1-20H. The number of aromatic nitrogens is 4. The molecule has 0 spiro atoms. The van der Waals surface area contributed by atoms with Crippen molar-refractivity contribution < 1.29 is 0 Å². The number of fused-ring (bicyclic) bond motifs is 2. The van der Waals surface area contributed by atoms with E-state index in [0.717, 1.165) is 48.3 Å². The molecular formula is C32H20N4S. The number of rotatable bonds is 4. The Morgan fingerprint density at radius 2 is 1.03 bits per heavy atom. The van der Waals surface area contributed by atoms with Crippen molar-refractivity contribution in [3.8, 4) is 44.7 Å². The minimum Gasteiger partial charge on any atom is -0.236 e. The molecule has 0 atom stereocenters. The van der Waals surface area contributed by atoms with Gasteiger partial charge in [0.2, 0.25) is 0 Å². The maximum atomic E-state index is 4.96. The molecule has 2 aromatic heterocycles. The van der Waals surface area contributed by atoms with Crippen molar-refractivity contribution in [2.75, 3.05) is 0 Å². The first kappa shape index (κ1) is 21.5. The van der Waals surface area contributed by atoms with Gasteiger partial charge in [0.25, 0.3) is 0 Å². The summed E-state index contributed by atoms with van der Waals surface area (Å²) in [4.78, 5) is 19.7. The van der Waals surface area contributed by atoms with Crippen LogP contribution >= 0.6 is 11.3 Å². The van der Waals surface area contributed by atoms with Crippen molar-refractivity contribution in [1.82, 2.24) is 19.9 Å². The fraction of sp³-hybridized carbons (Fsp3) is 0. The van der Waals surface area contributed by atoms with Gasteiger partial charge in [-0.3, -0.25) is 0 Å². The van der Waals surface area contributed by atoms with Gasteiger partial charge in [0, 0.05) is 22.3 Å². The van der Waals surface area contributed by atoms with Crippen molar-refractivity contribution in [2.45, 2.75) is 0 Å². The SMILES string of the molecule is c1ccc(-c2nc(-c3ccccc3)nc(-c3cccc4cc5sc(-c6ccccc6)nc5cc34)n2)cc1. The van der Waals surface area contributed by atoms with E-state index >= 15 is 0 Å². The van der Waals surface area contributed by atoms with Crippen molar-refractivity contribution in [3.63, 3.8) is 0 Å². The van der Waals surface area contributed by atoms with Gasteiger partial charge >= 0.3 is 0 Å². The predicted molar refractivity (Wildman–Crippen MR) is 152 cm³/mol. The molecule has 0 unspecified atom stereocenters.